The molecule has 0 fully saturated rings. The van der Waals surface area contributed by atoms with Gasteiger partial charge in [-0.3, -0.25) is 0 Å². The lowest BCUT2D eigenvalue weighted by Crippen LogP contribution is -2.17. The van der Waals surface area contributed by atoms with E-state index in [2.05, 4.69) is 17.1 Å². The van der Waals surface area contributed by atoms with E-state index in [0.29, 0.717) is 6.02 Å². The van der Waals surface area contributed by atoms with Gasteiger partial charge >= 0.3 is 0 Å². The van der Waals surface area contributed by atoms with Crippen molar-refractivity contribution in [1.82, 2.24) is 0 Å². The van der Waals surface area contributed by atoms with Crippen LogP contribution in [0.3, 0.4) is 0 Å². The molecule has 1 heterocycles. The summed E-state index contributed by atoms with van der Waals surface area (Å²) in [5, 5.41) is 0. The molecular formula is C10H10N2O. The quantitative estimate of drug-likeness (QED) is 0.637. The van der Waals surface area contributed by atoms with Crippen LogP contribution in [-0.4, -0.2) is 12.1 Å². The molecule has 1 aromatic carbocycles. The molecule has 2 atom stereocenters. The van der Waals surface area contributed by atoms with E-state index in [9.17, 15) is 0 Å². The summed E-state index contributed by atoms with van der Waals surface area (Å²) in [5.41, 5.74) is 8.12. The molecule has 2 N–H and O–H groups in total. The van der Waals surface area contributed by atoms with Crippen LogP contribution in [0.15, 0.2) is 29.3 Å². The summed E-state index contributed by atoms with van der Waals surface area (Å²) in [6, 6.07) is 8.80. The van der Waals surface area contributed by atoms with Crippen molar-refractivity contribution < 1.29 is 4.74 Å². The van der Waals surface area contributed by atoms with Gasteiger partial charge in [-0.05, 0) is 11.1 Å². The number of rotatable bonds is 0. The Morgan fingerprint density at radius 1 is 1.38 bits per heavy atom. The zero-order valence-corrected chi connectivity index (χ0v) is 7.10. The molecule has 0 bridgehead atoms. The fourth-order valence-corrected chi connectivity index (χ4v) is 2.12. The minimum absolute atomic E-state index is 0.149. The average molecular weight is 174 g/mol. The summed E-state index contributed by atoms with van der Waals surface area (Å²) in [7, 11) is 0. The number of aliphatic imine (C=N–C) groups is 1. The maximum Gasteiger partial charge on any atom is 0.283 e. The highest BCUT2D eigenvalue weighted by Gasteiger charge is 2.38. The first-order chi connectivity index (χ1) is 6.34. The van der Waals surface area contributed by atoms with Gasteiger partial charge in [-0.15, -0.1) is 0 Å². The second-order valence-electron chi connectivity index (χ2n) is 3.47. The maximum atomic E-state index is 5.51. The molecule has 3 rings (SSSR count). The number of ether oxygens (including phenoxy) is 1. The van der Waals surface area contributed by atoms with Crippen molar-refractivity contribution in [3.63, 3.8) is 0 Å². The van der Waals surface area contributed by atoms with E-state index in [-0.39, 0.29) is 12.1 Å². The third kappa shape index (κ3) is 0.869. The zero-order valence-electron chi connectivity index (χ0n) is 7.10. The highest BCUT2D eigenvalue weighted by molar-refractivity contribution is 5.74. The molecule has 0 amide bonds. The van der Waals surface area contributed by atoms with E-state index in [0.717, 1.165) is 6.42 Å². The van der Waals surface area contributed by atoms with Crippen LogP contribution in [0, 0.1) is 0 Å². The monoisotopic (exact) mass is 174 g/mol. The first-order valence-corrected chi connectivity index (χ1v) is 4.42. The summed E-state index contributed by atoms with van der Waals surface area (Å²) >= 11 is 0. The Hall–Kier alpha value is -1.51. The normalized spacial score (nSPS) is 29.1. The molecule has 0 spiro atoms. The Kier molecular flexibility index (Phi) is 1.20. The van der Waals surface area contributed by atoms with Gasteiger partial charge in [0.2, 0.25) is 0 Å². The topological polar surface area (TPSA) is 47.6 Å². The lowest BCUT2D eigenvalue weighted by molar-refractivity contribution is 0.203. The number of nitrogens with zero attached hydrogens (tertiary/aromatic N) is 1. The van der Waals surface area contributed by atoms with Crippen LogP contribution in [0.5, 0.6) is 0 Å². The van der Waals surface area contributed by atoms with E-state index in [1.807, 2.05) is 12.1 Å². The number of benzene rings is 1. The third-order valence-electron chi connectivity index (χ3n) is 2.69. The van der Waals surface area contributed by atoms with Crippen LogP contribution >= 0.6 is 0 Å². The number of hydrogen-bond acceptors (Lipinski definition) is 3. The Bertz CT molecular complexity index is 386. The van der Waals surface area contributed by atoms with E-state index < -0.39 is 0 Å². The van der Waals surface area contributed by atoms with Crippen LogP contribution in [0.1, 0.15) is 17.2 Å². The van der Waals surface area contributed by atoms with Gasteiger partial charge in [0.1, 0.15) is 12.1 Å². The minimum Gasteiger partial charge on any atom is -0.459 e. The van der Waals surface area contributed by atoms with Gasteiger partial charge in [0.15, 0.2) is 0 Å². The van der Waals surface area contributed by atoms with E-state index in [1.165, 1.54) is 11.1 Å². The Balaban J connectivity index is 2.10. The van der Waals surface area contributed by atoms with Crippen molar-refractivity contribution in [2.45, 2.75) is 18.6 Å². The Morgan fingerprint density at radius 2 is 2.23 bits per heavy atom. The van der Waals surface area contributed by atoms with Crippen LogP contribution in [0.25, 0.3) is 0 Å². The molecule has 1 aliphatic heterocycles. The standard InChI is InChI=1S/C10H10N2O/c11-10-12-9-7-4-2-1-3-6(7)5-8(9)13-10/h1-4,8-9H,5H2,(H2,11,12)/t8-,9+/m1/s1. The fraction of sp³-hybridized carbons (Fsp3) is 0.300. The summed E-state index contributed by atoms with van der Waals surface area (Å²) < 4.78 is 5.40. The molecule has 2 aliphatic rings. The molecule has 0 unspecified atom stereocenters. The van der Waals surface area contributed by atoms with Gasteiger partial charge in [0.05, 0.1) is 0 Å². The first kappa shape index (κ1) is 6.95. The molecule has 0 radical (unpaired) electrons. The Labute approximate surface area is 76.2 Å². The lowest BCUT2D eigenvalue weighted by atomic mass is 10.1. The molecule has 1 aliphatic carbocycles. The van der Waals surface area contributed by atoms with Gasteiger partial charge in [-0.25, -0.2) is 4.99 Å². The molecule has 66 valence electrons. The lowest BCUT2D eigenvalue weighted by Gasteiger charge is -2.05. The molecule has 1 aromatic rings. The van der Waals surface area contributed by atoms with Crippen LogP contribution < -0.4 is 5.73 Å². The molecule has 13 heavy (non-hydrogen) atoms. The van der Waals surface area contributed by atoms with Gasteiger partial charge in [0.25, 0.3) is 6.02 Å². The largest absolute Gasteiger partial charge is 0.459 e. The smallest absolute Gasteiger partial charge is 0.283 e. The first-order valence-electron chi connectivity index (χ1n) is 4.42. The summed E-state index contributed by atoms with van der Waals surface area (Å²) in [5.74, 6) is 0. The van der Waals surface area contributed by atoms with Crippen molar-refractivity contribution in [3.8, 4) is 0 Å². The van der Waals surface area contributed by atoms with Crippen LogP contribution in [0.2, 0.25) is 0 Å². The van der Waals surface area contributed by atoms with Crippen molar-refractivity contribution >= 4 is 6.02 Å². The maximum absolute atomic E-state index is 5.51. The van der Waals surface area contributed by atoms with Gasteiger partial charge in [-0.1, -0.05) is 24.3 Å². The van der Waals surface area contributed by atoms with Gasteiger partial charge in [-0.2, -0.15) is 0 Å². The third-order valence-corrected chi connectivity index (χ3v) is 2.69. The number of fused-ring (bicyclic) bond motifs is 3. The predicted molar refractivity (Wildman–Crippen MR) is 49.4 cm³/mol. The van der Waals surface area contributed by atoms with Crippen molar-refractivity contribution in [2.24, 2.45) is 10.7 Å². The highest BCUT2D eigenvalue weighted by Crippen LogP contribution is 2.38. The van der Waals surface area contributed by atoms with Gasteiger partial charge < -0.3 is 10.5 Å². The molecular weight excluding hydrogens is 164 g/mol. The predicted octanol–water partition coefficient (Wildman–Crippen LogP) is 0.997. The average Bonchev–Trinajstić information content (AvgIpc) is 2.60. The number of nitrogens with two attached hydrogens (primary N) is 1. The van der Waals surface area contributed by atoms with Gasteiger partial charge in [0, 0.05) is 6.42 Å². The van der Waals surface area contributed by atoms with E-state index >= 15 is 0 Å². The molecule has 3 nitrogen and oxygen atoms in total. The Morgan fingerprint density at radius 3 is 3.15 bits per heavy atom. The fourth-order valence-electron chi connectivity index (χ4n) is 2.12. The van der Waals surface area contributed by atoms with E-state index in [1.54, 1.807) is 0 Å². The molecule has 3 heteroatoms. The number of amidine groups is 1. The minimum atomic E-state index is 0.149. The second kappa shape index (κ2) is 2.25. The molecule has 0 saturated heterocycles. The molecule has 0 aromatic heterocycles. The summed E-state index contributed by atoms with van der Waals surface area (Å²) in [6.07, 6.45) is 1.09. The zero-order chi connectivity index (χ0) is 8.84. The highest BCUT2D eigenvalue weighted by atomic mass is 16.5. The van der Waals surface area contributed by atoms with Crippen LogP contribution in [-0.2, 0) is 11.2 Å². The van der Waals surface area contributed by atoms with Crippen molar-refractivity contribution in [1.29, 1.82) is 0 Å². The SMILES string of the molecule is NC1=N[C@H]2c3ccccc3C[C@H]2O1. The summed E-state index contributed by atoms with van der Waals surface area (Å²) in [6.45, 7) is 0. The van der Waals surface area contributed by atoms with Crippen LogP contribution in [0.4, 0.5) is 0 Å². The van der Waals surface area contributed by atoms with Crippen molar-refractivity contribution in [2.75, 3.05) is 0 Å². The molecule has 0 saturated carbocycles. The van der Waals surface area contributed by atoms with Crippen molar-refractivity contribution in [3.05, 3.63) is 35.4 Å². The second-order valence-corrected chi connectivity index (χ2v) is 3.47. The van der Waals surface area contributed by atoms with E-state index in [4.69, 9.17) is 10.5 Å². The summed E-state index contributed by atoms with van der Waals surface area (Å²) in [4.78, 5) is 4.26. The number of hydrogen-bond donors (Lipinski definition) is 1.